The standard InChI is InChI=1S/C25H28N6O/c1-25(21-5-6-23(27-17-21)31-11-9-30(2)10-12-31)14-22(25)24(32)29-28-15-18-3-4-20-16-26-8-7-19(20)13-18/h3-8,13,15-17,22H,9-12,14H2,1-2H3,(H,29,32)/b28-15+. The van der Waals surface area contributed by atoms with E-state index in [0.29, 0.717) is 0 Å². The lowest BCUT2D eigenvalue weighted by Gasteiger charge is -2.33. The highest BCUT2D eigenvalue weighted by Gasteiger charge is 2.55. The van der Waals surface area contributed by atoms with Crippen LogP contribution >= 0.6 is 0 Å². The molecule has 0 bridgehead atoms. The molecule has 32 heavy (non-hydrogen) atoms. The van der Waals surface area contributed by atoms with Crippen LogP contribution in [-0.2, 0) is 10.2 Å². The Balaban J connectivity index is 1.19. The van der Waals surface area contributed by atoms with Crippen molar-refractivity contribution >= 4 is 28.7 Å². The second-order valence-electron chi connectivity index (χ2n) is 9.09. The van der Waals surface area contributed by atoms with Gasteiger partial charge in [-0.2, -0.15) is 5.10 Å². The van der Waals surface area contributed by atoms with Crippen molar-refractivity contribution in [2.24, 2.45) is 11.0 Å². The Labute approximate surface area is 188 Å². The summed E-state index contributed by atoms with van der Waals surface area (Å²) in [7, 11) is 2.15. The monoisotopic (exact) mass is 428 g/mol. The number of pyridine rings is 2. The normalized spacial score (nSPS) is 23.6. The quantitative estimate of drug-likeness (QED) is 0.500. The van der Waals surface area contributed by atoms with E-state index >= 15 is 0 Å². The van der Waals surface area contributed by atoms with E-state index < -0.39 is 0 Å². The van der Waals surface area contributed by atoms with E-state index in [9.17, 15) is 4.79 Å². The molecule has 2 aliphatic rings. The smallest absolute Gasteiger partial charge is 0.244 e. The molecule has 0 radical (unpaired) electrons. The van der Waals surface area contributed by atoms with Gasteiger partial charge in [-0.3, -0.25) is 9.78 Å². The molecule has 7 nitrogen and oxygen atoms in total. The number of likely N-dealkylation sites (N-methyl/N-ethyl adjacent to an activating group) is 1. The summed E-state index contributed by atoms with van der Waals surface area (Å²) >= 11 is 0. The number of carbonyl (C=O) groups is 1. The summed E-state index contributed by atoms with van der Waals surface area (Å²) in [6.45, 7) is 6.24. The van der Waals surface area contributed by atoms with Gasteiger partial charge >= 0.3 is 0 Å². The van der Waals surface area contributed by atoms with Gasteiger partial charge in [-0.15, -0.1) is 0 Å². The van der Waals surface area contributed by atoms with E-state index in [-0.39, 0.29) is 17.2 Å². The number of rotatable bonds is 5. The second kappa shape index (κ2) is 8.31. The lowest BCUT2D eigenvalue weighted by molar-refractivity contribution is -0.122. The minimum atomic E-state index is -0.177. The molecule has 2 fully saturated rings. The number of carbonyl (C=O) groups excluding carboxylic acids is 1. The first-order valence-corrected chi connectivity index (χ1v) is 11.1. The molecule has 1 amide bonds. The summed E-state index contributed by atoms with van der Waals surface area (Å²) in [6, 6.07) is 12.2. The van der Waals surface area contributed by atoms with Crippen LogP contribution in [0.1, 0.15) is 24.5 Å². The molecule has 2 unspecified atom stereocenters. The van der Waals surface area contributed by atoms with Crippen molar-refractivity contribution in [2.45, 2.75) is 18.8 Å². The maximum absolute atomic E-state index is 12.7. The molecule has 1 saturated heterocycles. The van der Waals surface area contributed by atoms with E-state index in [1.54, 1.807) is 12.4 Å². The SMILES string of the molecule is CN1CCN(c2ccc(C3(C)CC3C(=O)N/N=C/c3ccc4cnccc4c3)cn2)CC1. The van der Waals surface area contributed by atoms with Gasteiger partial charge in [0.2, 0.25) is 5.91 Å². The number of hydrogen-bond donors (Lipinski definition) is 1. The number of anilines is 1. The zero-order valence-electron chi connectivity index (χ0n) is 18.5. The lowest BCUT2D eigenvalue weighted by atomic mass is 9.97. The molecule has 3 aromatic rings. The molecular formula is C25H28N6O. The summed E-state index contributed by atoms with van der Waals surface area (Å²) in [5.41, 5.74) is 4.59. The minimum Gasteiger partial charge on any atom is -0.354 e. The molecule has 3 heterocycles. The fourth-order valence-electron chi connectivity index (χ4n) is 4.44. The predicted molar refractivity (Wildman–Crippen MR) is 127 cm³/mol. The molecule has 1 N–H and O–H groups in total. The highest BCUT2D eigenvalue weighted by molar-refractivity contribution is 5.91. The van der Waals surface area contributed by atoms with Gasteiger partial charge in [0.05, 0.1) is 12.1 Å². The van der Waals surface area contributed by atoms with Crippen LogP contribution in [0.3, 0.4) is 0 Å². The van der Waals surface area contributed by atoms with Crippen LogP contribution in [-0.4, -0.2) is 60.2 Å². The first-order valence-electron chi connectivity index (χ1n) is 11.1. The fourth-order valence-corrected chi connectivity index (χ4v) is 4.44. The Bertz CT molecular complexity index is 1150. The largest absolute Gasteiger partial charge is 0.354 e. The summed E-state index contributed by atoms with van der Waals surface area (Å²) in [6.07, 6.45) is 8.04. The fraction of sp³-hybridized carbons (Fsp3) is 0.360. The number of nitrogens with one attached hydrogen (secondary N) is 1. The third-order valence-corrected chi connectivity index (χ3v) is 6.84. The number of fused-ring (bicyclic) bond motifs is 1. The van der Waals surface area contributed by atoms with Crippen LogP contribution < -0.4 is 10.3 Å². The third kappa shape index (κ3) is 4.08. The Morgan fingerprint density at radius 3 is 2.75 bits per heavy atom. The van der Waals surface area contributed by atoms with Crippen molar-refractivity contribution in [3.05, 3.63) is 66.1 Å². The van der Waals surface area contributed by atoms with Crippen LogP contribution in [0.5, 0.6) is 0 Å². The lowest BCUT2D eigenvalue weighted by Crippen LogP contribution is -2.44. The van der Waals surface area contributed by atoms with Crippen LogP contribution in [0.25, 0.3) is 10.8 Å². The average molecular weight is 429 g/mol. The number of hydrazone groups is 1. The molecule has 1 aromatic carbocycles. The van der Waals surface area contributed by atoms with Crippen LogP contribution in [0.4, 0.5) is 5.82 Å². The number of benzene rings is 1. The van der Waals surface area contributed by atoms with Crippen molar-refractivity contribution < 1.29 is 4.79 Å². The summed E-state index contributed by atoms with van der Waals surface area (Å²) in [5, 5.41) is 6.36. The maximum atomic E-state index is 12.7. The molecule has 1 aliphatic carbocycles. The van der Waals surface area contributed by atoms with Gasteiger partial charge in [-0.25, -0.2) is 10.4 Å². The van der Waals surface area contributed by atoms with Gasteiger partial charge in [0.25, 0.3) is 0 Å². The van der Waals surface area contributed by atoms with E-state index in [4.69, 9.17) is 4.98 Å². The van der Waals surface area contributed by atoms with Crippen LogP contribution in [0.2, 0.25) is 0 Å². The highest BCUT2D eigenvalue weighted by Crippen LogP contribution is 2.54. The van der Waals surface area contributed by atoms with Gasteiger partial charge < -0.3 is 9.80 Å². The Morgan fingerprint density at radius 2 is 1.97 bits per heavy atom. The molecule has 164 valence electrons. The molecule has 2 aromatic heterocycles. The predicted octanol–water partition coefficient (Wildman–Crippen LogP) is 2.81. The first kappa shape index (κ1) is 20.6. The highest BCUT2D eigenvalue weighted by atomic mass is 16.2. The zero-order chi connectivity index (χ0) is 22.1. The molecule has 2 atom stereocenters. The maximum Gasteiger partial charge on any atom is 0.244 e. The molecule has 5 rings (SSSR count). The van der Waals surface area contributed by atoms with Crippen molar-refractivity contribution in [1.82, 2.24) is 20.3 Å². The summed E-state index contributed by atoms with van der Waals surface area (Å²) in [4.78, 5) is 26.1. The number of piperazine rings is 1. The molecule has 0 spiro atoms. The third-order valence-electron chi connectivity index (χ3n) is 6.84. The Morgan fingerprint density at radius 1 is 1.12 bits per heavy atom. The van der Waals surface area contributed by atoms with Gasteiger partial charge in [-0.1, -0.05) is 25.1 Å². The van der Waals surface area contributed by atoms with Crippen molar-refractivity contribution in [1.29, 1.82) is 0 Å². The molecular weight excluding hydrogens is 400 g/mol. The minimum absolute atomic E-state index is 0.0446. The number of hydrogen-bond acceptors (Lipinski definition) is 6. The second-order valence-corrected chi connectivity index (χ2v) is 9.09. The van der Waals surface area contributed by atoms with Crippen LogP contribution in [0.15, 0.2) is 60.1 Å². The van der Waals surface area contributed by atoms with E-state index in [0.717, 1.165) is 60.3 Å². The van der Waals surface area contributed by atoms with E-state index in [1.807, 2.05) is 36.7 Å². The Hall–Kier alpha value is -3.32. The van der Waals surface area contributed by atoms with Crippen molar-refractivity contribution in [3.63, 3.8) is 0 Å². The van der Waals surface area contributed by atoms with E-state index in [2.05, 4.69) is 51.4 Å². The van der Waals surface area contributed by atoms with Crippen molar-refractivity contribution in [2.75, 3.05) is 38.1 Å². The molecule has 1 aliphatic heterocycles. The molecule has 7 heteroatoms. The average Bonchev–Trinajstić information content (AvgIpc) is 3.52. The van der Waals surface area contributed by atoms with Gasteiger partial charge in [0.1, 0.15) is 5.82 Å². The van der Waals surface area contributed by atoms with Gasteiger partial charge in [0, 0.05) is 55.6 Å². The number of amides is 1. The summed E-state index contributed by atoms with van der Waals surface area (Å²) < 4.78 is 0. The van der Waals surface area contributed by atoms with Gasteiger partial charge in [-0.05, 0) is 48.2 Å². The first-order chi connectivity index (χ1) is 15.5. The summed E-state index contributed by atoms with van der Waals surface area (Å²) in [5.74, 6) is 0.887. The number of aromatic nitrogens is 2. The van der Waals surface area contributed by atoms with Gasteiger partial charge in [0.15, 0.2) is 0 Å². The zero-order valence-corrected chi connectivity index (χ0v) is 18.5. The topological polar surface area (TPSA) is 73.7 Å². The molecule has 1 saturated carbocycles. The van der Waals surface area contributed by atoms with Crippen LogP contribution in [0, 0.1) is 5.92 Å². The Kier molecular flexibility index (Phi) is 5.35. The number of nitrogens with zero attached hydrogens (tertiary/aromatic N) is 5. The van der Waals surface area contributed by atoms with Crippen molar-refractivity contribution in [3.8, 4) is 0 Å². The van der Waals surface area contributed by atoms with E-state index in [1.165, 1.54) is 0 Å².